The van der Waals surface area contributed by atoms with Gasteiger partial charge in [-0.25, -0.2) is 4.79 Å². The van der Waals surface area contributed by atoms with Gasteiger partial charge in [-0.1, -0.05) is 41.3 Å². The molecule has 1 amide bonds. The summed E-state index contributed by atoms with van der Waals surface area (Å²) >= 11 is 3.42. The first-order valence-corrected chi connectivity index (χ1v) is 9.11. The Kier molecular flexibility index (Phi) is 4.94. The zero-order valence-electron chi connectivity index (χ0n) is 13.7. The molecule has 1 aromatic carbocycles. The quantitative estimate of drug-likeness (QED) is 0.774. The van der Waals surface area contributed by atoms with Crippen molar-refractivity contribution in [2.24, 2.45) is 0 Å². The third-order valence-corrected chi connectivity index (χ3v) is 5.05. The van der Waals surface area contributed by atoms with E-state index >= 15 is 0 Å². The van der Waals surface area contributed by atoms with Crippen LogP contribution in [0.3, 0.4) is 0 Å². The number of amides is 1. The number of hydrogen-bond acceptors (Lipinski definition) is 3. The molecule has 0 aliphatic heterocycles. The summed E-state index contributed by atoms with van der Waals surface area (Å²) in [6.45, 7) is 2.10. The van der Waals surface area contributed by atoms with Crippen LogP contribution < -0.4 is 5.32 Å². The first kappa shape index (κ1) is 17.0. The van der Waals surface area contributed by atoms with E-state index < -0.39 is 5.54 Å². The molecule has 1 aromatic heterocycles. The van der Waals surface area contributed by atoms with Crippen molar-refractivity contribution in [2.75, 3.05) is 6.61 Å². The number of halogens is 1. The van der Waals surface area contributed by atoms with Gasteiger partial charge in [-0.3, -0.25) is 4.79 Å². The summed E-state index contributed by atoms with van der Waals surface area (Å²) < 4.78 is 6.17. The van der Waals surface area contributed by atoms with Crippen LogP contribution in [0.4, 0.5) is 0 Å². The fourth-order valence-corrected chi connectivity index (χ4v) is 3.67. The highest BCUT2D eigenvalue weighted by atomic mass is 79.9. The zero-order valence-corrected chi connectivity index (χ0v) is 15.2. The van der Waals surface area contributed by atoms with Crippen LogP contribution in [-0.2, 0) is 9.53 Å². The lowest BCUT2D eigenvalue weighted by molar-refractivity contribution is -0.152. The molecular formula is C18H21BrN2O3. The van der Waals surface area contributed by atoms with E-state index in [0.717, 1.165) is 34.6 Å². The molecule has 6 heteroatoms. The van der Waals surface area contributed by atoms with Crippen LogP contribution in [0.25, 0.3) is 10.9 Å². The van der Waals surface area contributed by atoms with Gasteiger partial charge in [0.2, 0.25) is 0 Å². The molecule has 0 spiro atoms. The second-order valence-corrected chi connectivity index (χ2v) is 7.15. The van der Waals surface area contributed by atoms with Crippen LogP contribution in [0.15, 0.2) is 28.7 Å². The minimum atomic E-state index is -0.900. The van der Waals surface area contributed by atoms with Crippen LogP contribution in [0, 0.1) is 0 Å². The van der Waals surface area contributed by atoms with E-state index in [1.807, 2.05) is 18.2 Å². The molecule has 1 fully saturated rings. The molecule has 5 nitrogen and oxygen atoms in total. The molecule has 2 aromatic rings. The SMILES string of the molecule is CCOC(=O)C1(NC(=O)c2cc3ccc(Br)cc3[nH]2)CCCCC1. The van der Waals surface area contributed by atoms with Gasteiger partial charge in [0, 0.05) is 15.4 Å². The Morgan fingerprint density at radius 1 is 1.25 bits per heavy atom. The molecule has 1 saturated carbocycles. The molecule has 1 heterocycles. The van der Waals surface area contributed by atoms with E-state index in [1.54, 1.807) is 13.0 Å². The molecular weight excluding hydrogens is 372 g/mol. The summed E-state index contributed by atoms with van der Waals surface area (Å²) in [5.74, 6) is -0.589. The zero-order chi connectivity index (χ0) is 17.2. The van der Waals surface area contributed by atoms with Gasteiger partial charge in [0.1, 0.15) is 11.2 Å². The number of aromatic amines is 1. The Bertz CT molecular complexity index is 763. The molecule has 1 aliphatic rings. The predicted molar refractivity (Wildman–Crippen MR) is 95.9 cm³/mol. The summed E-state index contributed by atoms with van der Waals surface area (Å²) in [6, 6.07) is 7.60. The second-order valence-electron chi connectivity index (χ2n) is 6.23. The minimum Gasteiger partial charge on any atom is -0.464 e. The number of hydrogen-bond donors (Lipinski definition) is 2. The van der Waals surface area contributed by atoms with Gasteiger partial charge in [0.25, 0.3) is 5.91 Å². The van der Waals surface area contributed by atoms with Crippen LogP contribution in [-0.4, -0.2) is 29.0 Å². The van der Waals surface area contributed by atoms with Crippen LogP contribution >= 0.6 is 15.9 Å². The van der Waals surface area contributed by atoms with Crippen molar-refractivity contribution in [1.29, 1.82) is 0 Å². The molecule has 2 N–H and O–H groups in total. The number of H-pyrrole nitrogens is 1. The first-order chi connectivity index (χ1) is 11.5. The number of carbonyl (C=O) groups excluding carboxylic acids is 2. The van der Waals surface area contributed by atoms with Gasteiger partial charge in [0.15, 0.2) is 0 Å². The summed E-state index contributed by atoms with van der Waals surface area (Å²) in [7, 11) is 0. The first-order valence-electron chi connectivity index (χ1n) is 8.32. The van der Waals surface area contributed by atoms with Gasteiger partial charge in [0.05, 0.1) is 6.61 Å². The average Bonchev–Trinajstić information content (AvgIpc) is 2.99. The van der Waals surface area contributed by atoms with Crippen LogP contribution in [0.2, 0.25) is 0 Å². The van der Waals surface area contributed by atoms with Gasteiger partial charge >= 0.3 is 5.97 Å². The summed E-state index contributed by atoms with van der Waals surface area (Å²) in [4.78, 5) is 28.3. The third kappa shape index (κ3) is 3.34. The summed E-state index contributed by atoms with van der Waals surface area (Å²) in [6.07, 6.45) is 4.17. The standard InChI is InChI=1S/C18H21BrN2O3/c1-2-24-17(23)18(8-4-3-5-9-18)21-16(22)15-10-12-6-7-13(19)11-14(12)20-15/h6-7,10-11,20H,2-5,8-9H2,1H3,(H,21,22). The van der Waals surface area contributed by atoms with Gasteiger partial charge in [-0.2, -0.15) is 0 Å². The number of aromatic nitrogens is 1. The maximum Gasteiger partial charge on any atom is 0.331 e. The van der Waals surface area contributed by atoms with E-state index in [4.69, 9.17) is 4.74 Å². The third-order valence-electron chi connectivity index (χ3n) is 4.56. The molecule has 128 valence electrons. The maximum atomic E-state index is 12.7. The van der Waals surface area contributed by atoms with Crippen molar-refractivity contribution in [3.05, 3.63) is 34.4 Å². The lowest BCUT2D eigenvalue weighted by atomic mass is 9.81. The van der Waals surface area contributed by atoms with Crippen molar-refractivity contribution >= 4 is 38.7 Å². The lowest BCUT2D eigenvalue weighted by Crippen LogP contribution is -2.56. The highest BCUT2D eigenvalue weighted by molar-refractivity contribution is 9.10. The van der Waals surface area contributed by atoms with Crippen LogP contribution in [0.5, 0.6) is 0 Å². The molecule has 0 unspecified atom stereocenters. The number of benzene rings is 1. The van der Waals surface area contributed by atoms with Gasteiger partial charge in [-0.15, -0.1) is 0 Å². The number of rotatable bonds is 4. The van der Waals surface area contributed by atoms with Crippen molar-refractivity contribution in [2.45, 2.75) is 44.6 Å². The fourth-order valence-electron chi connectivity index (χ4n) is 3.31. The van der Waals surface area contributed by atoms with Gasteiger partial charge < -0.3 is 15.0 Å². The molecule has 0 atom stereocenters. The van der Waals surface area contributed by atoms with E-state index in [0.29, 0.717) is 25.1 Å². The highest BCUT2D eigenvalue weighted by Crippen LogP contribution is 2.30. The highest BCUT2D eigenvalue weighted by Gasteiger charge is 2.42. The average molecular weight is 393 g/mol. The molecule has 24 heavy (non-hydrogen) atoms. The Balaban J connectivity index is 1.85. The van der Waals surface area contributed by atoms with Crippen molar-refractivity contribution in [3.63, 3.8) is 0 Å². The largest absolute Gasteiger partial charge is 0.464 e. The van der Waals surface area contributed by atoms with Crippen molar-refractivity contribution < 1.29 is 14.3 Å². The smallest absolute Gasteiger partial charge is 0.331 e. The molecule has 3 rings (SSSR count). The van der Waals surface area contributed by atoms with E-state index in [-0.39, 0.29) is 11.9 Å². The topological polar surface area (TPSA) is 71.2 Å². The Labute approximate surface area is 149 Å². The monoisotopic (exact) mass is 392 g/mol. The number of fused-ring (bicyclic) bond motifs is 1. The second kappa shape index (κ2) is 6.97. The van der Waals surface area contributed by atoms with Crippen molar-refractivity contribution in [1.82, 2.24) is 10.3 Å². The molecule has 1 aliphatic carbocycles. The molecule has 0 radical (unpaired) electrons. The summed E-state index contributed by atoms with van der Waals surface area (Å²) in [5, 5.41) is 3.91. The number of esters is 1. The van der Waals surface area contributed by atoms with Crippen molar-refractivity contribution in [3.8, 4) is 0 Å². The molecule has 0 bridgehead atoms. The fraction of sp³-hybridized carbons (Fsp3) is 0.444. The van der Waals surface area contributed by atoms with E-state index in [1.165, 1.54) is 0 Å². The normalized spacial score (nSPS) is 16.8. The molecule has 0 saturated heterocycles. The number of carbonyl (C=O) groups is 2. The lowest BCUT2D eigenvalue weighted by Gasteiger charge is -2.35. The Morgan fingerprint density at radius 3 is 2.71 bits per heavy atom. The van der Waals surface area contributed by atoms with Gasteiger partial charge in [-0.05, 0) is 38.0 Å². The van der Waals surface area contributed by atoms with E-state index in [2.05, 4.69) is 26.2 Å². The van der Waals surface area contributed by atoms with E-state index in [9.17, 15) is 9.59 Å². The Hall–Kier alpha value is -1.82. The predicted octanol–water partition coefficient (Wildman–Crippen LogP) is 3.93. The summed E-state index contributed by atoms with van der Waals surface area (Å²) in [5.41, 5.74) is 0.434. The maximum absolute atomic E-state index is 12.7. The number of nitrogens with one attached hydrogen (secondary N) is 2. The number of ether oxygens (including phenoxy) is 1. The minimum absolute atomic E-state index is 0.266. The van der Waals surface area contributed by atoms with Crippen LogP contribution in [0.1, 0.15) is 49.5 Å². The Morgan fingerprint density at radius 2 is 2.00 bits per heavy atom.